The van der Waals surface area contributed by atoms with Crippen molar-refractivity contribution in [3.8, 4) is 10.4 Å². The van der Waals surface area contributed by atoms with Crippen LogP contribution in [-0.4, -0.2) is 5.16 Å². The predicted octanol–water partition coefficient (Wildman–Crippen LogP) is 3.33. The average Bonchev–Trinajstić information content (AvgIpc) is 2.84. The van der Waals surface area contributed by atoms with E-state index in [-0.39, 0.29) is 0 Å². The van der Waals surface area contributed by atoms with Crippen LogP contribution in [0.3, 0.4) is 0 Å². The second-order valence-corrected chi connectivity index (χ2v) is 4.39. The Morgan fingerprint density at radius 3 is 3.07 bits per heavy atom. The minimum atomic E-state index is 0.503. The van der Waals surface area contributed by atoms with E-state index < -0.39 is 0 Å². The highest BCUT2D eigenvalue weighted by molar-refractivity contribution is 7.13. The first-order valence-corrected chi connectivity index (χ1v) is 5.98. The van der Waals surface area contributed by atoms with Gasteiger partial charge in [0.05, 0.1) is 5.56 Å². The molecule has 0 aliphatic carbocycles. The number of hydrogen-bond acceptors (Lipinski definition) is 4. The van der Waals surface area contributed by atoms with Crippen molar-refractivity contribution in [2.24, 2.45) is 0 Å². The van der Waals surface area contributed by atoms with Crippen LogP contribution < -0.4 is 5.73 Å². The zero-order chi connectivity index (χ0) is 10.7. The monoisotopic (exact) mass is 222 g/mol. The van der Waals surface area contributed by atoms with Gasteiger partial charge in [-0.2, -0.15) is 0 Å². The topological polar surface area (TPSA) is 52.0 Å². The average molecular weight is 222 g/mol. The van der Waals surface area contributed by atoms with Crippen LogP contribution >= 0.6 is 11.3 Å². The predicted molar refractivity (Wildman–Crippen MR) is 62.8 cm³/mol. The summed E-state index contributed by atoms with van der Waals surface area (Å²) in [5.74, 6) is 1.42. The number of thiophene rings is 1. The van der Waals surface area contributed by atoms with Gasteiger partial charge in [-0.3, -0.25) is 0 Å². The van der Waals surface area contributed by atoms with Gasteiger partial charge in [-0.15, -0.1) is 11.3 Å². The zero-order valence-corrected chi connectivity index (χ0v) is 9.51. The van der Waals surface area contributed by atoms with Gasteiger partial charge in [0, 0.05) is 11.3 Å². The molecule has 0 atom stereocenters. The molecule has 2 rings (SSSR count). The summed E-state index contributed by atoms with van der Waals surface area (Å²) in [4.78, 5) is 1.14. The second-order valence-electron chi connectivity index (χ2n) is 3.45. The number of nitrogen functional groups attached to an aromatic ring is 1. The van der Waals surface area contributed by atoms with Crippen LogP contribution in [0.4, 0.5) is 5.82 Å². The quantitative estimate of drug-likeness (QED) is 0.863. The summed E-state index contributed by atoms with van der Waals surface area (Å²) in [6.07, 6.45) is 3.16. The summed E-state index contributed by atoms with van der Waals surface area (Å²) in [6.45, 7) is 2.16. The molecule has 0 aliphatic rings. The molecule has 0 aromatic carbocycles. The van der Waals surface area contributed by atoms with Crippen molar-refractivity contribution in [1.82, 2.24) is 5.16 Å². The van der Waals surface area contributed by atoms with Crippen molar-refractivity contribution in [1.29, 1.82) is 0 Å². The Morgan fingerprint density at radius 1 is 1.53 bits per heavy atom. The molecule has 4 heteroatoms. The number of aromatic nitrogens is 1. The molecule has 0 bridgehead atoms. The highest BCUT2D eigenvalue weighted by Crippen LogP contribution is 2.33. The molecule has 3 nitrogen and oxygen atoms in total. The molecule has 2 N–H and O–H groups in total. The van der Waals surface area contributed by atoms with E-state index in [0.717, 1.165) is 35.5 Å². The van der Waals surface area contributed by atoms with Gasteiger partial charge in [0.2, 0.25) is 0 Å². The number of anilines is 1. The van der Waals surface area contributed by atoms with Gasteiger partial charge < -0.3 is 10.3 Å². The van der Waals surface area contributed by atoms with E-state index in [1.165, 1.54) is 0 Å². The van der Waals surface area contributed by atoms with E-state index in [4.69, 9.17) is 10.3 Å². The lowest BCUT2D eigenvalue weighted by Gasteiger charge is -1.97. The Morgan fingerprint density at radius 2 is 2.40 bits per heavy atom. The van der Waals surface area contributed by atoms with Gasteiger partial charge in [-0.05, 0) is 17.9 Å². The maximum absolute atomic E-state index is 5.81. The van der Waals surface area contributed by atoms with Gasteiger partial charge in [0.1, 0.15) is 5.76 Å². The summed E-state index contributed by atoms with van der Waals surface area (Å²) in [5, 5.41) is 5.87. The van der Waals surface area contributed by atoms with Gasteiger partial charge >= 0.3 is 0 Å². The first-order chi connectivity index (χ1) is 7.33. The third-order valence-corrected chi connectivity index (χ3v) is 3.20. The van der Waals surface area contributed by atoms with Gasteiger partial charge in [0.25, 0.3) is 0 Å². The molecule has 0 amide bonds. The van der Waals surface area contributed by atoms with Crippen molar-refractivity contribution >= 4 is 17.2 Å². The first-order valence-electron chi connectivity index (χ1n) is 5.10. The van der Waals surface area contributed by atoms with Gasteiger partial charge in [0.15, 0.2) is 5.82 Å². The van der Waals surface area contributed by atoms with E-state index >= 15 is 0 Å². The minimum Gasteiger partial charge on any atom is -0.380 e. The van der Waals surface area contributed by atoms with Crippen LogP contribution in [0.5, 0.6) is 0 Å². The molecule has 15 heavy (non-hydrogen) atoms. The summed E-state index contributed by atoms with van der Waals surface area (Å²) >= 11 is 1.66. The third kappa shape index (κ3) is 2.04. The van der Waals surface area contributed by atoms with Crippen molar-refractivity contribution in [3.63, 3.8) is 0 Å². The normalized spacial score (nSPS) is 10.7. The van der Waals surface area contributed by atoms with Crippen molar-refractivity contribution in [2.45, 2.75) is 26.2 Å². The molecular formula is C11H14N2OS. The Kier molecular flexibility index (Phi) is 3.06. The molecule has 0 radical (unpaired) electrons. The van der Waals surface area contributed by atoms with Crippen LogP contribution in [-0.2, 0) is 6.42 Å². The highest BCUT2D eigenvalue weighted by Gasteiger charge is 2.15. The van der Waals surface area contributed by atoms with Crippen LogP contribution in [0.25, 0.3) is 10.4 Å². The maximum Gasteiger partial charge on any atom is 0.175 e. The molecule has 0 saturated carbocycles. The highest BCUT2D eigenvalue weighted by atomic mass is 32.1. The Hall–Kier alpha value is -1.29. The Balaban J connectivity index is 2.32. The lowest BCUT2D eigenvalue weighted by molar-refractivity contribution is 0.383. The largest absolute Gasteiger partial charge is 0.380 e. The smallest absolute Gasteiger partial charge is 0.175 e. The van der Waals surface area contributed by atoms with Crippen molar-refractivity contribution < 1.29 is 4.52 Å². The zero-order valence-electron chi connectivity index (χ0n) is 8.69. The van der Waals surface area contributed by atoms with E-state index in [2.05, 4.69) is 12.1 Å². The number of nitrogens with two attached hydrogens (primary N) is 1. The molecule has 0 fully saturated rings. The SMILES string of the molecule is CCCCc1onc(N)c1-c1cccs1. The molecular weight excluding hydrogens is 208 g/mol. The number of rotatable bonds is 4. The van der Waals surface area contributed by atoms with Crippen LogP contribution in [0.15, 0.2) is 22.0 Å². The molecule has 2 aromatic heterocycles. The Labute approximate surface area is 92.9 Å². The first kappa shape index (κ1) is 10.2. The summed E-state index contributed by atoms with van der Waals surface area (Å²) in [7, 11) is 0. The fraction of sp³-hybridized carbons (Fsp3) is 0.364. The van der Waals surface area contributed by atoms with Crippen LogP contribution in [0.1, 0.15) is 25.5 Å². The van der Waals surface area contributed by atoms with Gasteiger partial charge in [-0.1, -0.05) is 24.6 Å². The lowest BCUT2D eigenvalue weighted by atomic mass is 10.1. The van der Waals surface area contributed by atoms with Crippen molar-refractivity contribution in [2.75, 3.05) is 5.73 Å². The minimum absolute atomic E-state index is 0.503. The molecule has 0 unspecified atom stereocenters. The summed E-state index contributed by atoms with van der Waals surface area (Å²) in [5.41, 5.74) is 6.79. The fourth-order valence-corrected chi connectivity index (χ4v) is 2.33. The standard InChI is InChI=1S/C11H14N2OS/c1-2-3-5-8-10(11(12)13-14-8)9-6-4-7-15-9/h4,6-7H,2-3,5H2,1H3,(H2,12,13). The number of hydrogen-bond donors (Lipinski definition) is 1. The van der Waals surface area contributed by atoms with Gasteiger partial charge in [-0.25, -0.2) is 0 Å². The number of nitrogens with zero attached hydrogens (tertiary/aromatic N) is 1. The summed E-state index contributed by atoms with van der Waals surface area (Å²) < 4.78 is 5.25. The second kappa shape index (κ2) is 4.49. The molecule has 2 heterocycles. The molecule has 0 spiro atoms. The molecule has 0 saturated heterocycles. The number of aryl methyl sites for hydroxylation is 1. The fourth-order valence-electron chi connectivity index (χ4n) is 1.53. The summed E-state index contributed by atoms with van der Waals surface area (Å²) in [6, 6.07) is 4.05. The van der Waals surface area contributed by atoms with E-state index in [1.807, 2.05) is 17.5 Å². The Bertz CT molecular complexity index is 420. The van der Waals surface area contributed by atoms with E-state index in [0.29, 0.717) is 5.82 Å². The molecule has 80 valence electrons. The van der Waals surface area contributed by atoms with Crippen molar-refractivity contribution in [3.05, 3.63) is 23.3 Å². The molecule has 0 aliphatic heterocycles. The third-order valence-electron chi connectivity index (χ3n) is 2.31. The van der Waals surface area contributed by atoms with E-state index in [9.17, 15) is 0 Å². The van der Waals surface area contributed by atoms with Crippen LogP contribution in [0.2, 0.25) is 0 Å². The lowest BCUT2D eigenvalue weighted by Crippen LogP contribution is -1.89. The van der Waals surface area contributed by atoms with Crippen LogP contribution in [0, 0.1) is 0 Å². The number of unbranched alkanes of at least 4 members (excludes halogenated alkanes) is 1. The maximum atomic E-state index is 5.81. The van der Waals surface area contributed by atoms with E-state index in [1.54, 1.807) is 11.3 Å². The molecule has 2 aromatic rings.